The summed E-state index contributed by atoms with van der Waals surface area (Å²) in [4.78, 5) is 24.0. The molecule has 3 unspecified atom stereocenters. The monoisotopic (exact) mass is 344 g/mol. The Morgan fingerprint density at radius 2 is 1.92 bits per heavy atom. The first-order valence-corrected chi connectivity index (χ1v) is 9.08. The van der Waals surface area contributed by atoms with Gasteiger partial charge in [-0.3, -0.25) is 9.59 Å². The summed E-state index contributed by atoms with van der Waals surface area (Å²) in [5.41, 5.74) is 3.63. The van der Waals surface area contributed by atoms with Crippen molar-refractivity contribution < 1.29 is 19.1 Å². The molecule has 4 heteroatoms. The molecule has 0 N–H and O–H groups in total. The van der Waals surface area contributed by atoms with Gasteiger partial charge in [0.05, 0.1) is 5.92 Å². The van der Waals surface area contributed by atoms with Gasteiger partial charge in [-0.1, -0.05) is 39.3 Å². The number of carbonyl (C=O) groups excluding carboxylic acids is 2. The fourth-order valence-corrected chi connectivity index (χ4v) is 4.98. The topological polar surface area (TPSA) is 52.6 Å². The summed E-state index contributed by atoms with van der Waals surface area (Å²) in [6.45, 7) is 8.78. The Hall–Kier alpha value is -1.68. The highest BCUT2D eigenvalue weighted by Crippen LogP contribution is 2.51. The average molecular weight is 344 g/mol. The smallest absolute Gasteiger partial charge is 0.315 e. The molecule has 1 fully saturated rings. The van der Waals surface area contributed by atoms with Gasteiger partial charge in [0.25, 0.3) is 0 Å². The minimum absolute atomic E-state index is 0.0164. The minimum Gasteiger partial charge on any atom is -0.431 e. The van der Waals surface area contributed by atoms with Crippen LogP contribution in [0.2, 0.25) is 0 Å². The number of benzene rings is 1. The summed E-state index contributed by atoms with van der Waals surface area (Å²) < 4.78 is 10.8. The third-order valence-electron chi connectivity index (χ3n) is 6.01. The number of fused-ring (bicyclic) bond motifs is 1. The van der Waals surface area contributed by atoms with E-state index < -0.39 is 12.2 Å². The van der Waals surface area contributed by atoms with Crippen LogP contribution in [0.3, 0.4) is 0 Å². The molecule has 1 aromatic rings. The Balaban J connectivity index is 2.22. The van der Waals surface area contributed by atoms with Gasteiger partial charge in [0.1, 0.15) is 0 Å². The molecule has 0 radical (unpaired) electrons. The normalized spacial score (nSPS) is 31.2. The van der Waals surface area contributed by atoms with Crippen molar-refractivity contribution >= 4 is 12.3 Å². The summed E-state index contributed by atoms with van der Waals surface area (Å²) >= 11 is 0. The molecule has 4 nitrogen and oxygen atoms in total. The molecule has 1 saturated carbocycles. The minimum atomic E-state index is -0.806. The summed E-state index contributed by atoms with van der Waals surface area (Å²) in [5, 5.41) is 0. The molecule has 2 aliphatic rings. The molecule has 1 aliphatic carbocycles. The number of esters is 1. The molecule has 3 rings (SSSR count). The van der Waals surface area contributed by atoms with Gasteiger partial charge >= 0.3 is 5.97 Å². The third kappa shape index (κ3) is 3.01. The lowest BCUT2D eigenvalue weighted by Crippen LogP contribution is -2.37. The van der Waals surface area contributed by atoms with Crippen LogP contribution in [0.4, 0.5) is 0 Å². The maximum Gasteiger partial charge on any atom is 0.315 e. The highest BCUT2D eigenvalue weighted by Gasteiger charge is 2.43. The Kier molecular flexibility index (Phi) is 4.52. The number of rotatable bonds is 3. The van der Waals surface area contributed by atoms with Crippen molar-refractivity contribution in [2.24, 2.45) is 5.41 Å². The molecular formula is C21H28O4. The predicted molar refractivity (Wildman–Crippen MR) is 95.7 cm³/mol. The Morgan fingerprint density at radius 1 is 1.20 bits per heavy atom. The summed E-state index contributed by atoms with van der Waals surface area (Å²) in [6.07, 6.45) is 4.55. The first-order chi connectivity index (χ1) is 11.7. The van der Waals surface area contributed by atoms with E-state index >= 15 is 0 Å². The van der Waals surface area contributed by atoms with Crippen molar-refractivity contribution in [1.82, 2.24) is 0 Å². The van der Waals surface area contributed by atoms with Crippen molar-refractivity contribution in [3.05, 3.63) is 34.4 Å². The van der Waals surface area contributed by atoms with E-state index in [2.05, 4.69) is 20.8 Å². The average Bonchev–Trinajstić information content (AvgIpc) is 2.55. The van der Waals surface area contributed by atoms with Gasteiger partial charge in [-0.25, -0.2) is 0 Å². The zero-order chi connectivity index (χ0) is 18.4. The van der Waals surface area contributed by atoms with Gasteiger partial charge in [-0.15, -0.1) is 0 Å². The highest BCUT2D eigenvalue weighted by molar-refractivity contribution is 5.86. The van der Waals surface area contributed by atoms with Gasteiger partial charge < -0.3 is 9.47 Å². The number of ether oxygens (including phenoxy) is 2. The molecule has 25 heavy (non-hydrogen) atoms. The van der Waals surface area contributed by atoms with Crippen molar-refractivity contribution in [3.8, 4) is 0 Å². The van der Waals surface area contributed by atoms with Crippen molar-refractivity contribution in [2.45, 2.75) is 71.0 Å². The van der Waals surface area contributed by atoms with Crippen LogP contribution in [0.1, 0.15) is 92.6 Å². The number of hydrogen-bond acceptors (Lipinski definition) is 4. The maximum atomic E-state index is 12.4. The zero-order valence-electron chi connectivity index (χ0n) is 15.8. The second kappa shape index (κ2) is 6.24. The molecule has 3 atom stereocenters. The summed E-state index contributed by atoms with van der Waals surface area (Å²) in [6, 6.07) is 3.90. The van der Waals surface area contributed by atoms with E-state index in [0.29, 0.717) is 5.56 Å². The van der Waals surface area contributed by atoms with Crippen molar-refractivity contribution in [1.29, 1.82) is 0 Å². The van der Waals surface area contributed by atoms with Gasteiger partial charge in [0.2, 0.25) is 6.29 Å². The molecule has 136 valence electrons. The summed E-state index contributed by atoms with van der Waals surface area (Å²) in [7, 11) is 1.50. The zero-order valence-corrected chi connectivity index (χ0v) is 15.8. The van der Waals surface area contributed by atoms with E-state index in [0.717, 1.165) is 30.3 Å². The van der Waals surface area contributed by atoms with E-state index in [1.54, 1.807) is 0 Å². The number of aldehydes is 1. The Labute approximate surface area is 149 Å². The van der Waals surface area contributed by atoms with Gasteiger partial charge in [0.15, 0.2) is 6.29 Å². The number of hydrogen-bond donors (Lipinski definition) is 0. The molecule has 0 spiro atoms. The fraction of sp³-hybridized carbons (Fsp3) is 0.619. The molecule has 0 aromatic heterocycles. The number of methoxy groups -OCH3 is 1. The molecular weight excluding hydrogens is 316 g/mol. The van der Waals surface area contributed by atoms with E-state index in [9.17, 15) is 9.59 Å². The second-order valence-corrected chi connectivity index (χ2v) is 8.63. The second-order valence-electron chi connectivity index (χ2n) is 8.63. The third-order valence-corrected chi connectivity index (χ3v) is 6.01. The maximum absolute atomic E-state index is 12.4. The lowest BCUT2D eigenvalue weighted by atomic mass is 9.60. The SMILES string of the molecule is COC1OC(=O)C(C)c2c(C3(C)CCCC(C)(C)C3)ccc(C=O)c21. The van der Waals surface area contributed by atoms with E-state index in [-0.39, 0.29) is 16.8 Å². The lowest BCUT2D eigenvalue weighted by Gasteiger charge is -2.45. The van der Waals surface area contributed by atoms with Crippen LogP contribution in [-0.2, 0) is 19.7 Å². The Morgan fingerprint density at radius 3 is 2.52 bits per heavy atom. The Bertz CT molecular complexity index is 706. The number of carbonyl (C=O) groups is 2. The van der Waals surface area contributed by atoms with Crippen LogP contribution in [-0.4, -0.2) is 19.4 Å². The first kappa shape index (κ1) is 18.1. The van der Waals surface area contributed by atoms with Crippen LogP contribution in [0, 0.1) is 5.41 Å². The quantitative estimate of drug-likeness (QED) is 0.591. The van der Waals surface area contributed by atoms with Crippen LogP contribution in [0.25, 0.3) is 0 Å². The van der Waals surface area contributed by atoms with E-state index in [4.69, 9.17) is 9.47 Å². The molecule has 0 amide bonds. The van der Waals surface area contributed by atoms with Gasteiger partial charge in [0, 0.05) is 18.2 Å². The van der Waals surface area contributed by atoms with Crippen molar-refractivity contribution in [2.75, 3.05) is 7.11 Å². The fourth-order valence-electron chi connectivity index (χ4n) is 4.98. The van der Waals surface area contributed by atoms with Crippen molar-refractivity contribution in [3.63, 3.8) is 0 Å². The molecule has 1 heterocycles. The number of cyclic esters (lactones) is 1. The molecule has 0 saturated heterocycles. The van der Waals surface area contributed by atoms with E-state index in [1.165, 1.54) is 25.5 Å². The first-order valence-electron chi connectivity index (χ1n) is 9.08. The van der Waals surface area contributed by atoms with Crippen LogP contribution < -0.4 is 0 Å². The molecule has 1 aromatic carbocycles. The van der Waals surface area contributed by atoms with Crippen LogP contribution in [0.5, 0.6) is 0 Å². The largest absolute Gasteiger partial charge is 0.431 e. The van der Waals surface area contributed by atoms with Gasteiger partial charge in [-0.2, -0.15) is 0 Å². The van der Waals surface area contributed by atoms with Crippen LogP contribution in [0.15, 0.2) is 12.1 Å². The molecule has 1 aliphatic heterocycles. The van der Waals surface area contributed by atoms with Crippen LogP contribution >= 0.6 is 0 Å². The highest BCUT2D eigenvalue weighted by atomic mass is 16.7. The van der Waals surface area contributed by atoms with Gasteiger partial charge in [-0.05, 0) is 48.1 Å². The van der Waals surface area contributed by atoms with E-state index in [1.807, 2.05) is 19.1 Å². The molecule has 0 bridgehead atoms. The lowest BCUT2D eigenvalue weighted by molar-refractivity contribution is -0.180. The predicted octanol–water partition coefficient (Wildman–Crippen LogP) is 4.66. The standard InChI is InChI=1S/C21H28O4/c1-13-16-15(21(4)10-6-9-20(2,3)12-21)8-7-14(11-22)17(16)19(24-5)25-18(13)23/h7-8,11,13,19H,6,9-10,12H2,1-5H3. The summed E-state index contributed by atoms with van der Waals surface area (Å²) in [5.74, 6) is -0.680.